The van der Waals surface area contributed by atoms with Crippen LogP contribution in [0.3, 0.4) is 0 Å². The summed E-state index contributed by atoms with van der Waals surface area (Å²) >= 11 is 0. The molecular formula is C20H27N3O4. The number of hydrogen-bond acceptors (Lipinski definition) is 5. The minimum Gasteiger partial charge on any atom is -0.486 e. The van der Waals surface area contributed by atoms with E-state index in [9.17, 15) is 9.59 Å². The Bertz CT molecular complexity index is 758. The summed E-state index contributed by atoms with van der Waals surface area (Å²) in [6, 6.07) is 3.70. The molecule has 0 unspecified atom stereocenters. The quantitative estimate of drug-likeness (QED) is 0.847. The van der Waals surface area contributed by atoms with E-state index in [0.717, 1.165) is 30.9 Å². The molecule has 3 aliphatic rings. The first kappa shape index (κ1) is 18.1. The van der Waals surface area contributed by atoms with Crippen molar-refractivity contribution in [2.24, 2.45) is 5.73 Å². The molecule has 4 rings (SSSR count). The van der Waals surface area contributed by atoms with Gasteiger partial charge in [-0.2, -0.15) is 0 Å². The maximum atomic E-state index is 11.9. The van der Waals surface area contributed by atoms with Gasteiger partial charge in [0, 0.05) is 31.0 Å². The van der Waals surface area contributed by atoms with Crippen LogP contribution in [0.2, 0.25) is 0 Å². The fourth-order valence-electron chi connectivity index (χ4n) is 4.91. The van der Waals surface area contributed by atoms with E-state index < -0.39 is 6.03 Å². The van der Waals surface area contributed by atoms with Crippen LogP contribution in [-0.2, 0) is 10.2 Å². The van der Waals surface area contributed by atoms with Crippen LogP contribution in [0.4, 0.5) is 4.79 Å². The highest BCUT2D eigenvalue weighted by atomic mass is 16.6. The molecule has 7 nitrogen and oxygen atoms in total. The third-order valence-corrected chi connectivity index (χ3v) is 6.24. The molecule has 0 bridgehead atoms. The van der Waals surface area contributed by atoms with Crippen molar-refractivity contribution in [2.75, 3.05) is 26.3 Å². The van der Waals surface area contributed by atoms with Crippen LogP contribution in [0, 0.1) is 0 Å². The predicted octanol–water partition coefficient (Wildman–Crippen LogP) is 2.23. The van der Waals surface area contributed by atoms with Gasteiger partial charge in [-0.05, 0) is 43.0 Å². The highest BCUT2D eigenvalue weighted by Crippen LogP contribution is 2.51. The van der Waals surface area contributed by atoms with E-state index in [2.05, 4.69) is 29.3 Å². The third kappa shape index (κ3) is 3.36. The molecule has 27 heavy (non-hydrogen) atoms. The van der Waals surface area contributed by atoms with E-state index in [1.807, 2.05) is 0 Å². The Balaban J connectivity index is 1.62. The van der Waals surface area contributed by atoms with Crippen molar-refractivity contribution in [2.45, 2.75) is 50.5 Å². The number of imide groups is 1. The topological polar surface area (TPSA) is 93.9 Å². The lowest BCUT2D eigenvalue weighted by atomic mass is 9.71. The van der Waals surface area contributed by atoms with E-state index in [4.69, 9.17) is 15.2 Å². The second-order valence-corrected chi connectivity index (χ2v) is 7.88. The molecular weight excluding hydrogens is 346 g/mol. The Hall–Kier alpha value is -2.28. The van der Waals surface area contributed by atoms with Gasteiger partial charge in [0.1, 0.15) is 13.2 Å². The zero-order valence-electron chi connectivity index (χ0n) is 15.8. The van der Waals surface area contributed by atoms with Gasteiger partial charge in [-0.15, -0.1) is 0 Å². The summed E-state index contributed by atoms with van der Waals surface area (Å²) < 4.78 is 11.6. The molecule has 3 N–H and O–H groups in total. The summed E-state index contributed by atoms with van der Waals surface area (Å²) in [5, 5.41) is 2.16. The zero-order chi connectivity index (χ0) is 19.0. The van der Waals surface area contributed by atoms with Crippen molar-refractivity contribution in [3.8, 4) is 11.5 Å². The fourth-order valence-corrected chi connectivity index (χ4v) is 4.91. The lowest BCUT2D eigenvalue weighted by molar-refractivity contribution is -0.120. The molecule has 1 atom stereocenters. The van der Waals surface area contributed by atoms with Crippen molar-refractivity contribution in [3.05, 3.63) is 23.3 Å². The van der Waals surface area contributed by atoms with Crippen molar-refractivity contribution in [1.29, 1.82) is 0 Å². The van der Waals surface area contributed by atoms with E-state index >= 15 is 0 Å². The van der Waals surface area contributed by atoms with E-state index in [1.54, 1.807) is 0 Å². The highest BCUT2D eigenvalue weighted by Gasteiger charge is 2.44. The first-order valence-electron chi connectivity index (χ1n) is 9.76. The molecule has 7 heteroatoms. The molecule has 146 valence electrons. The molecule has 1 fully saturated rings. The number of amides is 3. The first-order valence-corrected chi connectivity index (χ1v) is 9.76. The van der Waals surface area contributed by atoms with Crippen LogP contribution < -0.4 is 20.5 Å². The SMILES string of the molecule is C[C@@H]1c2cc3c(cc2C2(CCCC2)CN1CCC(=O)NC(N)=O)OCCO3. The summed E-state index contributed by atoms with van der Waals surface area (Å²) in [6.45, 7) is 4.85. The van der Waals surface area contributed by atoms with E-state index in [0.29, 0.717) is 19.8 Å². The van der Waals surface area contributed by atoms with Crippen LogP contribution in [0.5, 0.6) is 11.5 Å². The molecule has 3 amide bonds. The van der Waals surface area contributed by atoms with Gasteiger partial charge >= 0.3 is 6.03 Å². The number of ether oxygens (including phenoxy) is 2. The standard InChI is InChI=1S/C20H27N3O4/c1-13-14-10-16-17(27-9-8-26-16)11-15(14)20(5-2-3-6-20)12-23(13)7-4-18(24)22-19(21)25/h10-11,13H,2-9,12H2,1H3,(H3,21,22,24,25)/t13-/m1/s1. The zero-order valence-corrected chi connectivity index (χ0v) is 15.8. The van der Waals surface area contributed by atoms with Crippen molar-refractivity contribution >= 4 is 11.9 Å². The normalized spacial score (nSPS) is 23.1. The number of carbonyl (C=O) groups excluding carboxylic acids is 2. The summed E-state index contributed by atoms with van der Waals surface area (Å²) in [6.07, 6.45) is 4.99. The Labute approximate surface area is 159 Å². The second-order valence-electron chi connectivity index (χ2n) is 7.88. The fraction of sp³-hybridized carbons (Fsp3) is 0.600. The number of hydrogen-bond donors (Lipinski definition) is 2. The van der Waals surface area contributed by atoms with Crippen LogP contribution in [0.15, 0.2) is 12.1 Å². The molecule has 1 spiro atoms. The van der Waals surface area contributed by atoms with Crippen molar-refractivity contribution in [3.63, 3.8) is 0 Å². The number of nitrogens with zero attached hydrogens (tertiary/aromatic N) is 1. The Morgan fingerprint density at radius 2 is 1.89 bits per heavy atom. The van der Waals surface area contributed by atoms with Crippen molar-refractivity contribution < 1.29 is 19.1 Å². The average molecular weight is 373 g/mol. The Kier molecular flexibility index (Phi) is 4.72. The molecule has 1 aromatic carbocycles. The maximum Gasteiger partial charge on any atom is 0.318 e. The average Bonchev–Trinajstić information content (AvgIpc) is 3.11. The molecule has 0 saturated heterocycles. The Morgan fingerprint density at radius 3 is 2.56 bits per heavy atom. The molecule has 1 saturated carbocycles. The largest absolute Gasteiger partial charge is 0.486 e. The molecule has 1 aliphatic carbocycles. The number of urea groups is 1. The van der Waals surface area contributed by atoms with Gasteiger partial charge in [0.25, 0.3) is 0 Å². The molecule has 1 aromatic rings. The second kappa shape index (κ2) is 7.03. The molecule has 0 radical (unpaired) electrons. The molecule has 2 aliphatic heterocycles. The van der Waals surface area contributed by atoms with Crippen LogP contribution >= 0.6 is 0 Å². The van der Waals surface area contributed by atoms with Crippen LogP contribution in [0.25, 0.3) is 0 Å². The van der Waals surface area contributed by atoms with Gasteiger partial charge in [-0.25, -0.2) is 4.79 Å². The predicted molar refractivity (Wildman–Crippen MR) is 99.9 cm³/mol. The summed E-state index contributed by atoms with van der Waals surface area (Å²) in [5.74, 6) is 1.34. The Morgan fingerprint density at radius 1 is 1.22 bits per heavy atom. The van der Waals surface area contributed by atoms with Gasteiger partial charge in [0.15, 0.2) is 11.5 Å². The van der Waals surface area contributed by atoms with Gasteiger partial charge < -0.3 is 15.2 Å². The smallest absolute Gasteiger partial charge is 0.318 e. The summed E-state index contributed by atoms with van der Waals surface area (Å²) in [4.78, 5) is 25.1. The molecule has 2 heterocycles. The summed E-state index contributed by atoms with van der Waals surface area (Å²) in [5.41, 5.74) is 7.80. The minimum absolute atomic E-state index is 0.109. The van der Waals surface area contributed by atoms with Gasteiger partial charge in [0.2, 0.25) is 5.91 Å². The maximum absolute atomic E-state index is 11.9. The van der Waals surface area contributed by atoms with Gasteiger partial charge in [-0.1, -0.05) is 12.8 Å². The lowest BCUT2D eigenvalue weighted by Crippen LogP contribution is -2.47. The van der Waals surface area contributed by atoms with E-state index in [-0.39, 0.29) is 23.8 Å². The van der Waals surface area contributed by atoms with Crippen LogP contribution in [0.1, 0.15) is 56.2 Å². The van der Waals surface area contributed by atoms with Gasteiger partial charge in [0.05, 0.1) is 0 Å². The number of fused-ring (bicyclic) bond motifs is 3. The van der Waals surface area contributed by atoms with Crippen LogP contribution in [-0.4, -0.2) is 43.1 Å². The first-order chi connectivity index (χ1) is 13.0. The third-order valence-electron chi connectivity index (χ3n) is 6.24. The highest BCUT2D eigenvalue weighted by molar-refractivity contribution is 5.93. The van der Waals surface area contributed by atoms with Crippen molar-refractivity contribution in [1.82, 2.24) is 10.2 Å². The van der Waals surface area contributed by atoms with E-state index in [1.165, 1.54) is 24.0 Å². The lowest BCUT2D eigenvalue weighted by Gasteiger charge is -2.46. The number of nitrogens with one attached hydrogen (secondary N) is 1. The van der Waals surface area contributed by atoms with Gasteiger partial charge in [-0.3, -0.25) is 15.0 Å². The number of primary amides is 1. The number of benzene rings is 1. The molecule has 0 aromatic heterocycles. The number of carbonyl (C=O) groups is 2. The minimum atomic E-state index is -0.798. The number of nitrogens with two attached hydrogens (primary N) is 1. The summed E-state index contributed by atoms with van der Waals surface area (Å²) in [7, 11) is 0. The number of rotatable bonds is 3. The monoisotopic (exact) mass is 373 g/mol.